The van der Waals surface area contributed by atoms with E-state index in [2.05, 4.69) is 58.4 Å². The molecule has 0 aliphatic heterocycles. The van der Waals surface area contributed by atoms with Crippen molar-refractivity contribution in [2.24, 2.45) is 0 Å². The molecule has 4 nitrogen and oxygen atoms in total. The fourth-order valence-corrected chi connectivity index (χ4v) is 1.97. The molecule has 0 saturated heterocycles. The number of likely N-dealkylation sites (N-methyl/N-ethyl adjacent to an activating group) is 1. The highest BCUT2D eigenvalue weighted by atomic mass is 15.2. The third kappa shape index (κ3) is 3.68. The van der Waals surface area contributed by atoms with Gasteiger partial charge in [-0.15, -0.1) is 0 Å². The average Bonchev–Trinajstić information content (AvgIpc) is 2.45. The summed E-state index contributed by atoms with van der Waals surface area (Å²) in [5.41, 5.74) is 2.66. The Morgan fingerprint density at radius 3 is 2.79 bits per heavy atom. The first-order chi connectivity index (χ1) is 9.19. The van der Waals surface area contributed by atoms with Crippen LogP contribution in [-0.4, -0.2) is 30.6 Å². The van der Waals surface area contributed by atoms with Crippen LogP contribution in [0.2, 0.25) is 0 Å². The number of hydrogen-bond donors (Lipinski definition) is 1. The average molecular weight is 256 g/mol. The quantitative estimate of drug-likeness (QED) is 0.892. The van der Waals surface area contributed by atoms with Crippen molar-refractivity contribution in [2.75, 3.05) is 30.9 Å². The second kappa shape index (κ2) is 6.18. The van der Waals surface area contributed by atoms with Gasteiger partial charge in [-0.2, -0.15) is 0 Å². The van der Waals surface area contributed by atoms with Crippen LogP contribution >= 0.6 is 0 Å². The highest BCUT2D eigenvalue weighted by Crippen LogP contribution is 2.13. The molecule has 100 valence electrons. The van der Waals surface area contributed by atoms with E-state index in [0.29, 0.717) is 0 Å². The van der Waals surface area contributed by atoms with Crippen molar-refractivity contribution >= 4 is 11.6 Å². The molecule has 1 heterocycles. The second-order valence-corrected chi connectivity index (χ2v) is 4.67. The largest absolute Gasteiger partial charge is 0.373 e. The van der Waals surface area contributed by atoms with E-state index in [-0.39, 0.29) is 0 Å². The van der Waals surface area contributed by atoms with Crippen molar-refractivity contribution in [3.05, 3.63) is 47.8 Å². The molecule has 2 rings (SSSR count). The molecule has 0 amide bonds. The topological polar surface area (TPSA) is 41.0 Å². The zero-order valence-corrected chi connectivity index (χ0v) is 11.7. The van der Waals surface area contributed by atoms with E-state index < -0.39 is 0 Å². The summed E-state index contributed by atoms with van der Waals surface area (Å²) in [5.74, 6) is 1.78. The Morgan fingerprint density at radius 1 is 1.21 bits per heavy atom. The summed E-state index contributed by atoms with van der Waals surface area (Å²) in [6, 6.07) is 10.6. The summed E-state index contributed by atoms with van der Waals surface area (Å²) in [5, 5.41) is 3.03. The Hall–Kier alpha value is -2.10. The molecule has 4 heteroatoms. The molecule has 0 radical (unpaired) electrons. The maximum absolute atomic E-state index is 4.29. The molecule has 2 aromatic rings. The van der Waals surface area contributed by atoms with E-state index in [4.69, 9.17) is 0 Å². The van der Waals surface area contributed by atoms with E-state index in [1.807, 2.05) is 13.1 Å². The van der Waals surface area contributed by atoms with Crippen LogP contribution in [0, 0.1) is 6.92 Å². The molecular formula is C15H20N4. The van der Waals surface area contributed by atoms with Gasteiger partial charge >= 0.3 is 0 Å². The molecule has 0 aliphatic rings. The monoisotopic (exact) mass is 256 g/mol. The lowest BCUT2D eigenvalue weighted by molar-refractivity contribution is 0.855. The highest BCUT2D eigenvalue weighted by molar-refractivity contribution is 5.47. The fourth-order valence-electron chi connectivity index (χ4n) is 1.97. The van der Waals surface area contributed by atoms with Crippen molar-refractivity contribution in [1.29, 1.82) is 0 Å². The van der Waals surface area contributed by atoms with E-state index in [9.17, 15) is 0 Å². The minimum absolute atomic E-state index is 0.840. The van der Waals surface area contributed by atoms with Gasteiger partial charge in [0.15, 0.2) is 0 Å². The predicted octanol–water partition coefficient (Wildman–Crippen LogP) is 2.51. The SMILES string of the molecule is CNc1cc(N(C)CCc2cccc(C)c2)ncn1. The Morgan fingerprint density at radius 2 is 2.05 bits per heavy atom. The van der Waals surface area contributed by atoms with Gasteiger partial charge in [-0.25, -0.2) is 9.97 Å². The fraction of sp³-hybridized carbons (Fsp3) is 0.333. The maximum atomic E-state index is 4.29. The van der Waals surface area contributed by atoms with Gasteiger partial charge in [0, 0.05) is 26.7 Å². The Labute approximate surface area is 114 Å². The van der Waals surface area contributed by atoms with Crippen molar-refractivity contribution in [3.8, 4) is 0 Å². The maximum Gasteiger partial charge on any atom is 0.133 e. The van der Waals surface area contributed by atoms with E-state index in [0.717, 1.165) is 24.6 Å². The number of aromatic nitrogens is 2. The molecule has 0 unspecified atom stereocenters. The summed E-state index contributed by atoms with van der Waals surface area (Å²) in [7, 11) is 3.91. The molecule has 0 spiro atoms. The first-order valence-corrected chi connectivity index (χ1v) is 6.45. The lowest BCUT2D eigenvalue weighted by atomic mass is 10.1. The number of nitrogens with zero attached hydrogens (tertiary/aromatic N) is 3. The van der Waals surface area contributed by atoms with Gasteiger partial charge in [-0.05, 0) is 18.9 Å². The molecule has 1 N–H and O–H groups in total. The van der Waals surface area contributed by atoms with E-state index in [1.165, 1.54) is 11.1 Å². The molecule has 19 heavy (non-hydrogen) atoms. The lowest BCUT2D eigenvalue weighted by Crippen LogP contribution is -2.21. The van der Waals surface area contributed by atoms with Crippen LogP contribution in [0.25, 0.3) is 0 Å². The smallest absolute Gasteiger partial charge is 0.133 e. The third-order valence-electron chi connectivity index (χ3n) is 3.12. The van der Waals surface area contributed by atoms with Gasteiger partial charge in [0.2, 0.25) is 0 Å². The Kier molecular flexibility index (Phi) is 4.34. The van der Waals surface area contributed by atoms with Crippen molar-refractivity contribution in [2.45, 2.75) is 13.3 Å². The number of rotatable bonds is 5. The first kappa shape index (κ1) is 13.3. The molecule has 0 saturated carbocycles. The Bertz CT molecular complexity index is 539. The summed E-state index contributed by atoms with van der Waals surface area (Å²) < 4.78 is 0. The van der Waals surface area contributed by atoms with E-state index >= 15 is 0 Å². The number of nitrogens with one attached hydrogen (secondary N) is 1. The van der Waals surface area contributed by atoms with Gasteiger partial charge in [0.05, 0.1) is 0 Å². The number of hydrogen-bond acceptors (Lipinski definition) is 4. The van der Waals surface area contributed by atoms with Gasteiger partial charge in [0.1, 0.15) is 18.0 Å². The minimum atomic E-state index is 0.840. The van der Waals surface area contributed by atoms with Gasteiger partial charge in [-0.1, -0.05) is 29.8 Å². The van der Waals surface area contributed by atoms with Crippen LogP contribution in [0.4, 0.5) is 11.6 Å². The van der Waals surface area contributed by atoms with Crippen molar-refractivity contribution in [1.82, 2.24) is 9.97 Å². The Balaban J connectivity index is 1.99. The molecule has 1 aromatic heterocycles. The second-order valence-electron chi connectivity index (χ2n) is 4.67. The molecule has 0 aliphatic carbocycles. The first-order valence-electron chi connectivity index (χ1n) is 6.45. The molecule has 0 fully saturated rings. The number of benzene rings is 1. The zero-order chi connectivity index (χ0) is 13.7. The lowest BCUT2D eigenvalue weighted by Gasteiger charge is -2.18. The number of anilines is 2. The van der Waals surface area contributed by atoms with Crippen LogP contribution < -0.4 is 10.2 Å². The third-order valence-corrected chi connectivity index (χ3v) is 3.12. The van der Waals surface area contributed by atoms with E-state index in [1.54, 1.807) is 6.33 Å². The van der Waals surface area contributed by atoms with Crippen LogP contribution in [0.5, 0.6) is 0 Å². The van der Waals surface area contributed by atoms with Gasteiger partial charge in [-0.3, -0.25) is 0 Å². The normalized spacial score (nSPS) is 10.3. The van der Waals surface area contributed by atoms with Gasteiger partial charge in [0.25, 0.3) is 0 Å². The van der Waals surface area contributed by atoms with Crippen LogP contribution in [0.15, 0.2) is 36.7 Å². The van der Waals surface area contributed by atoms with Crippen molar-refractivity contribution < 1.29 is 0 Å². The van der Waals surface area contributed by atoms with Crippen LogP contribution in [0.3, 0.4) is 0 Å². The zero-order valence-electron chi connectivity index (χ0n) is 11.7. The minimum Gasteiger partial charge on any atom is -0.373 e. The predicted molar refractivity (Wildman–Crippen MR) is 79.7 cm³/mol. The molecular weight excluding hydrogens is 236 g/mol. The summed E-state index contributed by atoms with van der Waals surface area (Å²) in [6.07, 6.45) is 2.60. The standard InChI is InChI=1S/C15H20N4/c1-12-5-4-6-13(9-12)7-8-19(3)15-10-14(16-2)17-11-18-15/h4-6,9-11H,7-8H2,1-3H3,(H,16,17,18). The summed E-state index contributed by atoms with van der Waals surface area (Å²) in [6.45, 7) is 3.06. The van der Waals surface area contributed by atoms with Crippen LogP contribution in [-0.2, 0) is 6.42 Å². The van der Waals surface area contributed by atoms with Crippen molar-refractivity contribution in [3.63, 3.8) is 0 Å². The number of aryl methyl sites for hydroxylation is 1. The van der Waals surface area contributed by atoms with Crippen LogP contribution in [0.1, 0.15) is 11.1 Å². The molecule has 1 aromatic carbocycles. The molecule has 0 atom stereocenters. The highest BCUT2D eigenvalue weighted by Gasteiger charge is 2.04. The summed E-state index contributed by atoms with van der Waals surface area (Å²) in [4.78, 5) is 10.6. The molecule has 0 bridgehead atoms. The van der Waals surface area contributed by atoms with Gasteiger partial charge < -0.3 is 10.2 Å². The summed E-state index contributed by atoms with van der Waals surface area (Å²) >= 11 is 0.